The van der Waals surface area contributed by atoms with Crippen LogP contribution < -0.4 is 5.32 Å². The van der Waals surface area contributed by atoms with Crippen LogP contribution >= 0.6 is 0 Å². The van der Waals surface area contributed by atoms with Crippen LogP contribution in [-0.2, 0) is 13.0 Å². The quantitative estimate of drug-likeness (QED) is 0.849. The number of nitrogens with one attached hydrogen (secondary N) is 1. The largest absolute Gasteiger partial charge is 0.392 e. The Bertz CT molecular complexity index is 694. The SMILES string of the molecule is O=C(c1cccnc1NCCc1ccc(CO)cc1)N1CCCCC1. The number of carbonyl (C=O) groups excluding carboxylic acids is 1. The lowest BCUT2D eigenvalue weighted by molar-refractivity contribution is 0.0725. The fourth-order valence-corrected chi connectivity index (χ4v) is 3.12. The van der Waals surface area contributed by atoms with Crippen LogP contribution in [0.25, 0.3) is 0 Å². The summed E-state index contributed by atoms with van der Waals surface area (Å²) in [6, 6.07) is 11.6. The fourth-order valence-electron chi connectivity index (χ4n) is 3.12. The average Bonchev–Trinajstić information content (AvgIpc) is 2.69. The number of rotatable bonds is 6. The molecule has 5 nitrogen and oxygen atoms in total. The summed E-state index contributed by atoms with van der Waals surface area (Å²) >= 11 is 0. The van der Waals surface area contributed by atoms with Crippen LogP contribution in [0.4, 0.5) is 5.82 Å². The van der Waals surface area contributed by atoms with Crippen molar-refractivity contribution in [2.24, 2.45) is 0 Å². The molecule has 0 bridgehead atoms. The van der Waals surface area contributed by atoms with Crippen molar-refractivity contribution in [3.05, 3.63) is 59.3 Å². The molecule has 25 heavy (non-hydrogen) atoms. The highest BCUT2D eigenvalue weighted by Gasteiger charge is 2.21. The van der Waals surface area contributed by atoms with E-state index < -0.39 is 0 Å². The molecule has 1 aliphatic heterocycles. The Kier molecular flexibility index (Phi) is 6.01. The van der Waals surface area contributed by atoms with E-state index in [4.69, 9.17) is 5.11 Å². The minimum Gasteiger partial charge on any atom is -0.392 e. The summed E-state index contributed by atoms with van der Waals surface area (Å²) in [6.07, 6.45) is 5.92. The molecule has 1 fully saturated rings. The first-order chi connectivity index (χ1) is 12.3. The zero-order valence-electron chi connectivity index (χ0n) is 14.4. The number of piperidine rings is 1. The summed E-state index contributed by atoms with van der Waals surface area (Å²) in [5.41, 5.74) is 2.75. The Hall–Kier alpha value is -2.40. The number of carbonyl (C=O) groups is 1. The minimum absolute atomic E-state index is 0.0639. The predicted octanol–water partition coefficient (Wildman–Crippen LogP) is 2.85. The third-order valence-corrected chi connectivity index (χ3v) is 4.59. The normalized spacial score (nSPS) is 14.4. The Balaban J connectivity index is 1.61. The lowest BCUT2D eigenvalue weighted by Gasteiger charge is -2.27. The van der Waals surface area contributed by atoms with Crippen LogP contribution in [0.2, 0.25) is 0 Å². The number of aromatic nitrogens is 1. The summed E-state index contributed by atoms with van der Waals surface area (Å²) in [6.45, 7) is 2.44. The highest BCUT2D eigenvalue weighted by Crippen LogP contribution is 2.18. The number of pyridine rings is 1. The van der Waals surface area contributed by atoms with Gasteiger partial charge in [-0.3, -0.25) is 4.79 Å². The Morgan fingerprint density at radius 1 is 1.08 bits per heavy atom. The average molecular weight is 339 g/mol. The zero-order valence-corrected chi connectivity index (χ0v) is 14.4. The van der Waals surface area contributed by atoms with Gasteiger partial charge in [0.05, 0.1) is 12.2 Å². The summed E-state index contributed by atoms with van der Waals surface area (Å²) in [5.74, 6) is 0.729. The van der Waals surface area contributed by atoms with Gasteiger partial charge in [-0.15, -0.1) is 0 Å². The van der Waals surface area contributed by atoms with E-state index >= 15 is 0 Å². The van der Waals surface area contributed by atoms with Crippen molar-refractivity contribution in [2.75, 3.05) is 25.0 Å². The van der Waals surface area contributed by atoms with Crippen molar-refractivity contribution >= 4 is 11.7 Å². The maximum Gasteiger partial charge on any atom is 0.257 e. The maximum atomic E-state index is 12.7. The zero-order chi connectivity index (χ0) is 17.5. The number of anilines is 1. The molecule has 2 heterocycles. The van der Waals surface area contributed by atoms with Crippen LogP contribution in [0.1, 0.15) is 40.7 Å². The van der Waals surface area contributed by atoms with Gasteiger partial charge in [-0.2, -0.15) is 0 Å². The molecule has 0 aliphatic carbocycles. The second-order valence-corrected chi connectivity index (χ2v) is 6.40. The highest BCUT2D eigenvalue weighted by atomic mass is 16.3. The van der Waals surface area contributed by atoms with Gasteiger partial charge in [0.2, 0.25) is 0 Å². The lowest BCUT2D eigenvalue weighted by Crippen LogP contribution is -2.36. The summed E-state index contributed by atoms with van der Waals surface area (Å²) in [7, 11) is 0. The molecule has 0 radical (unpaired) electrons. The number of likely N-dealkylation sites (tertiary alicyclic amines) is 1. The van der Waals surface area contributed by atoms with Crippen LogP contribution in [-0.4, -0.2) is 40.5 Å². The van der Waals surface area contributed by atoms with Gasteiger partial charge in [0, 0.05) is 25.8 Å². The molecule has 2 aromatic rings. The molecular weight excluding hydrogens is 314 g/mol. The second-order valence-electron chi connectivity index (χ2n) is 6.40. The summed E-state index contributed by atoms with van der Waals surface area (Å²) in [5, 5.41) is 12.4. The summed E-state index contributed by atoms with van der Waals surface area (Å²) in [4.78, 5) is 19.0. The van der Waals surface area contributed by atoms with Crippen LogP contribution in [0.3, 0.4) is 0 Å². The van der Waals surface area contributed by atoms with Crippen molar-refractivity contribution in [3.63, 3.8) is 0 Å². The Morgan fingerprint density at radius 2 is 1.80 bits per heavy atom. The lowest BCUT2D eigenvalue weighted by atomic mass is 10.1. The molecule has 0 unspecified atom stereocenters. The molecule has 1 aromatic heterocycles. The number of nitrogens with zero attached hydrogens (tertiary/aromatic N) is 2. The number of hydrogen-bond acceptors (Lipinski definition) is 4. The van der Waals surface area contributed by atoms with E-state index in [0.717, 1.165) is 37.9 Å². The molecule has 1 saturated heterocycles. The Labute approximate surface area is 148 Å². The van der Waals surface area contributed by atoms with Crippen molar-refractivity contribution < 1.29 is 9.90 Å². The van der Waals surface area contributed by atoms with Gasteiger partial charge in [0.15, 0.2) is 0 Å². The van der Waals surface area contributed by atoms with E-state index in [1.54, 1.807) is 6.20 Å². The first kappa shape index (κ1) is 17.4. The van der Waals surface area contributed by atoms with Crippen molar-refractivity contribution in [2.45, 2.75) is 32.3 Å². The van der Waals surface area contributed by atoms with Crippen molar-refractivity contribution in [3.8, 4) is 0 Å². The molecule has 0 saturated carbocycles. The number of amides is 1. The highest BCUT2D eigenvalue weighted by molar-refractivity contribution is 5.98. The number of aliphatic hydroxyl groups excluding tert-OH is 1. The third kappa shape index (κ3) is 4.57. The number of aliphatic hydroxyl groups is 1. The van der Waals surface area contributed by atoms with E-state index in [2.05, 4.69) is 10.3 Å². The van der Waals surface area contributed by atoms with E-state index in [1.807, 2.05) is 41.3 Å². The summed E-state index contributed by atoms with van der Waals surface area (Å²) < 4.78 is 0. The third-order valence-electron chi connectivity index (χ3n) is 4.59. The van der Waals surface area contributed by atoms with Gasteiger partial charge < -0.3 is 15.3 Å². The maximum absolute atomic E-state index is 12.7. The van der Waals surface area contributed by atoms with Crippen LogP contribution in [0.15, 0.2) is 42.6 Å². The monoisotopic (exact) mass is 339 g/mol. The number of benzene rings is 1. The van der Waals surface area contributed by atoms with Gasteiger partial charge in [-0.05, 0) is 48.9 Å². The standard InChI is InChI=1S/C20H25N3O2/c24-15-17-8-6-16(7-9-17)10-12-22-19-18(5-4-11-21-19)20(25)23-13-2-1-3-14-23/h4-9,11,24H,1-3,10,12-15H2,(H,21,22). The van der Waals surface area contributed by atoms with Crippen LogP contribution in [0, 0.1) is 0 Å². The first-order valence-electron chi connectivity index (χ1n) is 8.95. The molecule has 3 rings (SSSR count). The van der Waals surface area contributed by atoms with Gasteiger partial charge >= 0.3 is 0 Å². The molecule has 132 valence electrons. The smallest absolute Gasteiger partial charge is 0.257 e. The van der Waals surface area contributed by atoms with Gasteiger partial charge in [-0.25, -0.2) is 4.98 Å². The molecule has 5 heteroatoms. The van der Waals surface area contributed by atoms with E-state index in [9.17, 15) is 4.79 Å². The molecular formula is C20H25N3O2. The molecule has 0 spiro atoms. The van der Waals surface area contributed by atoms with E-state index in [-0.39, 0.29) is 12.5 Å². The number of hydrogen-bond donors (Lipinski definition) is 2. The predicted molar refractivity (Wildman–Crippen MR) is 98.6 cm³/mol. The van der Waals surface area contributed by atoms with Gasteiger partial charge in [0.25, 0.3) is 5.91 Å². The molecule has 1 aliphatic rings. The van der Waals surface area contributed by atoms with Crippen LogP contribution in [0.5, 0.6) is 0 Å². The van der Waals surface area contributed by atoms with E-state index in [0.29, 0.717) is 17.9 Å². The minimum atomic E-state index is 0.0639. The van der Waals surface area contributed by atoms with Crippen molar-refractivity contribution in [1.82, 2.24) is 9.88 Å². The topological polar surface area (TPSA) is 65.5 Å². The van der Waals surface area contributed by atoms with Crippen molar-refractivity contribution in [1.29, 1.82) is 0 Å². The molecule has 2 N–H and O–H groups in total. The van der Waals surface area contributed by atoms with Gasteiger partial charge in [-0.1, -0.05) is 24.3 Å². The molecule has 0 atom stereocenters. The molecule has 1 aromatic carbocycles. The second kappa shape index (κ2) is 8.62. The van der Waals surface area contributed by atoms with E-state index in [1.165, 1.54) is 12.0 Å². The first-order valence-corrected chi connectivity index (χ1v) is 8.95. The molecule has 1 amide bonds. The fraction of sp³-hybridized carbons (Fsp3) is 0.400. The van der Waals surface area contributed by atoms with Gasteiger partial charge in [0.1, 0.15) is 5.82 Å². The Morgan fingerprint density at radius 3 is 2.52 bits per heavy atom.